The molecule has 0 aliphatic heterocycles. The largest absolute Gasteiger partial charge is 0.320 e. The van der Waals surface area contributed by atoms with Crippen LogP contribution in [0.2, 0.25) is 0 Å². The van der Waals surface area contributed by atoms with Crippen LogP contribution in [-0.2, 0) is 9.84 Å². The molecule has 2 aromatic carbocycles. The van der Waals surface area contributed by atoms with E-state index in [0.29, 0.717) is 5.56 Å². The van der Waals surface area contributed by atoms with Crippen LogP contribution in [-0.4, -0.2) is 14.7 Å². The van der Waals surface area contributed by atoms with Gasteiger partial charge in [-0.05, 0) is 23.8 Å². The molecule has 20 heavy (non-hydrogen) atoms. The first-order valence-electron chi connectivity index (χ1n) is 5.79. The van der Waals surface area contributed by atoms with Crippen LogP contribution < -0.4 is 5.73 Å². The summed E-state index contributed by atoms with van der Waals surface area (Å²) in [5.41, 5.74) is 6.61. The lowest BCUT2D eigenvalue weighted by Crippen LogP contribution is -2.14. The first-order valence-corrected chi connectivity index (χ1v) is 7.69. The zero-order chi connectivity index (χ0) is 14.9. The third-order valence-electron chi connectivity index (χ3n) is 2.96. The quantitative estimate of drug-likeness (QED) is 0.946. The van der Waals surface area contributed by atoms with Crippen LogP contribution in [0.5, 0.6) is 0 Å². The Balaban J connectivity index is 2.36. The first kappa shape index (κ1) is 14.6. The minimum absolute atomic E-state index is 0.151. The van der Waals surface area contributed by atoms with Crippen molar-refractivity contribution in [2.45, 2.75) is 10.9 Å². The number of halogens is 2. The van der Waals surface area contributed by atoms with Crippen LogP contribution in [0, 0.1) is 11.6 Å². The summed E-state index contributed by atoms with van der Waals surface area (Å²) in [7, 11) is -3.29. The van der Waals surface area contributed by atoms with Crippen molar-refractivity contribution in [2.75, 3.05) is 6.26 Å². The van der Waals surface area contributed by atoms with Gasteiger partial charge >= 0.3 is 0 Å². The summed E-state index contributed by atoms with van der Waals surface area (Å²) in [6.45, 7) is 0. The Bertz CT molecular complexity index is 727. The molecule has 0 amide bonds. The predicted molar refractivity (Wildman–Crippen MR) is 71.9 cm³/mol. The van der Waals surface area contributed by atoms with Gasteiger partial charge in [-0.2, -0.15) is 0 Å². The van der Waals surface area contributed by atoms with Gasteiger partial charge in [-0.1, -0.05) is 18.2 Å². The van der Waals surface area contributed by atoms with E-state index in [1.54, 1.807) is 0 Å². The van der Waals surface area contributed by atoms with Gasteiger partial charge in [0.05, 0.1) is 10.9 Å². The molecule has 0 saturated heterocycles. The molecular formula is C14H13F2NO2S. The summed E-state index contributed by atoms with van der Waals surface area (Å²) in [6, 6.07) is 8.23. The Morgan fingerprint density at radius 3 is 2.15 bits per heavy atom. The summed E-state index contributed by atoms with van der Waals surface area (Å²) in [6.07, 6.45) is 1.10. The lowest BCUT2D eigenvalue weighted by molar-refractivity contribution is 0.565. The number of nitrogens with two attached hydrogens (primary N) is 1. The van der Waals surface area contributed by atoms with E-state index in [-0.39, 0.29) is 10.5 Å². The molecule has 0 bridgehead atoms. The molecule has 0 aliphatic carbocycles. The second kappa shape index (κ2) is 5.30. The maximum Gasteiger partial charge on any atom is 0.175 e. The van der Waals surface area contributed by atoms with Gasteiger partial charge in [-0.3, -0.25) is 0 Å². The third-order valence-corrected chi connectivity index (χ3v) is 4.09. The van der Waals surface area contributed by atoms with E-state index in [9.17, 15) is 17.2 Å². The summed E-state index contributed by atoms with van der Waals surface area (Å²) in [5.74, 6) is -1.41. The normalized spacial score (nSPS) is 13.2. The average Bonchev–Trinajstić information content (AvgIpc) is 2.37. The highest BCUT2D eigenvalue weighted by Crippen LogP contribution is 2.23. The van der Waals surface area contributed by atoms with Crippen LogP contribution >= 0.6 is 0 Å². The maximum absolute atomic E-state index is 13.6. The fraction of sp³-hybridized carbons (Fsp3) is 0.143. The topological polar surface area (TPSA) is 60.2 Å². The highest BCUT2D eigenvalue weighted by Gasteiger charge is 2.15. The summed E-state index contributed by atoms with van der Waals surface area (Å²) < 4.78 is 49.2. The SMILES string of the molecule is CS(=O)(=O)c1ccc(C(N)c2ccc(F)cc2F)cc1. The standard InChI is InChI=1S/C14H13F2NO2S/c1-20(18,19)11-5-2-9(3-6-11)14(17)12-7-4-10(15)8-13(12)16/h2-8,14H,17H2,1H3. The van der Waals surface area contributed by atoms with Gasteiger partial charge in [-0.15, -0.1) is 0 Å². The number of sulfone groups is 1. The fourth-order valence-electron chi connectivity index (χ4n) is 1.86. The molecule has 6 heteroatoms. The van der Waals surface area contributed by atoms with E-state index in [2.05, 4.69) is 0 Å². The molecule has 0 aliphatic rings. The van der Waals surface area contributed by atoms with Crippen molar-refractivity contribution >= 4 is 9.84 Å². The van der Waals surface area contributed by atoms with Gasteiger partial charge in [0.25, 0.3) is 0 Å². The van der Waals surface area contributed by atoms with Crippen LogP contribution in [0.3, 0.4) is 0 Å². The van der Waals surface area contributed by atoms with Crippen LogP contribution in [0.4, 0.5) is 8.78 Å². The number of hydrogen-bond acceptors (Lipinski definition) is 3. The number of benzene rings is 2. The Labute approximate surface area is 116 Å². The Hall–Kier alpha value is -1.79. The molecule has 2 rings (SSSR count). The van der Waals surface area contributed by atoms with Crippen molar-refractivity contribution in [2.24, 2.45) is 5.73 Å². The molecule has 1 unspecified atom stereocenters. The zero-order valence-electron chi connectivity index (χ0n) is 10.7. The monoisotopic (exact) mass is 297 g/mol. The second-order valence-corrected chi connectivity index (χ2v) is 6.50. The molecule has 2 aromatic rings. The molecule has 3 nitrogen and oxygen atoms in total. The fourth-order valence-corrected chi connectivity index (χ4v) is 2.49. The highest BCUT2D eigenvalue weighted by molar-refractivity contribution is 7.90. The third kappa shape index (κ3) is 3.02. The number of hydrogen-bond donors (Lipinski definition) is 1. The molecule has 106 valence electrons. The van der Waals surface area contributed by atoms with Gasteiger partial charge in [0.2, 0.25) is 0 Å². The molecular weight excluding hydrogens is 284 g/mol. The van der Waals surface area contributed by atoms with Crippen LogP contribution in [0.25, 0.3) is 0 Å². The first-order chi connectivity index (χ1) is 9.29. The maximum atomic E-state index is 13.6. The molecule has 0 heterocycles. The lowest BCUT2D eigenvalue weighted by atomic mass is 9.99. The van der Waals surface area contributed by atoms with Crippen molar-refractivity contribution in [1.82, 2.24) is 0 Å². The molecule has 1 atom stereocenters. The van der Waals surface area contributed by atoms with Crippen molar-refractivity contribution in [1.29, 1.82) is 0 Å². The smallest absolute Gasteiger partial charge is 0.175 e. The van der Waals surface area contributed by atoms with Crippen LogP contribution in [0.15, 0.2) is 47.4 Å². The van der Waals surface area contributed by atoms with Gasteiger partial charge < -0.3 is 5.73 Å². The minimum Gasteiger partial charge on any atom is -0.320 e. The molecule has 0 fully saturated rings. The molecule has 2 N–H and O–H groups in total. The van der Waals surface area contributed by atoms with Gasteiger partial charge in [0.1, 0.15) is 11.6 Å². The molecule has 0 radical (unpaired) electrons. The van der Waals surface area contributed by atoms with Gasteiger partial charge in [-0.25, -0.2) is 17.2 Å². The Morgan fingerprint density at radius 1 is 1.05 bits per heavy atom. The molecule has 0 aromatic heterocycles. The lowest BCUT2D eigenvalue weighted by Gasteiger charge is -2.14. The zero-order valence-corrected chi connectivity index (χ0v) is 11.5. The van der Waals surface area contributed by atoms with Crippen molar-refractivity contribution in [3.8, 4) is 0 Å². The molecule has 0 spiro atoms. The van der Waals surface area contributed by atoms with E-state index in [4.69, 9.17) is 5.73 Å². The summed E-state index contributed by atoms with van der Waals surface area (Å²) in [5, 5.41) is 0. The van der Waals surface area contributed by atoms with Gasteiger partial charge in [0, 0.05) is 17.9 Å². The van der Waals surface area contributed by atoms with Crippen molar-refractivity contribution in [3.05, 3.63) is 65.2 Å². The van der Waals surface area contributed by atoms with E-state index in [1.807, 2.05) is 0 Å². The minimum atomic E-state index is -3.29. The highest BCUT2D eigenvalue weighted by atomic mass is 32.2. The molecule has 0 saturated carbocycles. The van der Waals surface area contributed by atoms with Crippen molar-refractivity contribution in [3.63, 3.8) is 0 Å². The summed E-state index contributed by atoms with van der Waals surface area (Å²) in [4.78, 5) is 0.160. The van der Waals surface area contributed by atoms with Gasteiger partial charge in [0.15, 0.2) is 9.84 Å². The predicted octanol–water partition coefficient (Wildman–Crippen LogP) is 2.42. The second-order valence-electron chi connectivity index (χ2n) is 4.48. The Morgan fingerprint density at radius 2 is 1.65 bits per heavy atom. The summed E-state index contributed by atoms with van der Waals surface area (Å²) >= 11 is 0. The van der Waals surface area contributed by atoms with E-state index < -0.39 is 27.5 Å². The average molecular weight is 297 g/mol. The van der Waals surface area contributed by atoms with Crippen LogP contribution in [0.1, 0.15) is 17.2 Å². The van der Waals surface area contributed by atoms with E-state index in [1.165, 1.54) is 30.3 Å². The van der Waals surface area contributed by atoms with Crippen molar-refractivity contribution < 1.29 is 17.2 Å². The number of rotatable bonds is 3. The van der Waals surface area contributed by atoms with E-state index in [0.717, 1.165) is 18.4 Å². The van der Waals surface area contributed by atoms with E-state index >= 15 is 0 Å². The Kier molecular flexibility index (Phi) is 3.87.